The molecular weight excluding hydrogens is 296 g/mol. The molecule has 23 heavy (non-hydrogen) atoms. The molecule has 0 aliphatic carbocycles. The van der Waals surface area contributed by atoms with Crippen molar-refractivity contribution in [2.24, 2.45) is 5.11 Å². The minimum atomic E-state index is -0.684. The topological polar surface area (TPSA) is 97.8 Å². The van der Waals surface area contributed by atoms with Crippen LogP contribution in [0.25, 0.3) is 21.9 Å². The van der Waals surface area contributed by atoms with E-state index in [4.69, 9.17) is 10.3 Å². The van der Waals surface area contributed by atoms with Gasteiger partial charge in [0.2, 0.25) is 0 Å². The van der Waals surface area contributed by atoms with E-state index in [0.717, 1.165) is 5.69 Å². The highest BCUT2D eigenvalue weighted by atomic mass is 16.5. The van der Waals surface area contributed by atoms with Crippen molar-refractivity contribution in [3.05, 3.63) is 71.0 Å². The van der Waals surface area contributed by atoms with Crippen molar-refractivity contribution < 1.29 is 9.53 Å². The smallest absolute Gasteiger partial charge is 0.254 e. The standard InChI is InChI=1S/C15H12N6O2/c1-23-12-6-4-11(5-7-12)21-15(20-8-2-3-9-20)13(10-17-21)14(22)18-19-16/h2-10H,1H3. The third kappa shape index (κ3) is 2.66. The van der Waals surface area contributed by atoms with E-state index in [1.54, 1.807) is 40.9 Å². The Morgan fingerprint density at radius 2 is 1.96 bits per heavy atom. The van der Waals surface area contributed by atoms with Crippen molar-refractivity contribution in [2.45, 2.75) is 0 Å². The minimum Gasteiger partial charge on any atom is -0.497 e. The number of nitrogens with zero attached hydrogens (tertiary/aromatic N) is 6. The summed E-state index contributed by atoms with van der Waals surface area (Å²) in [6, 6.07) is 10.9. The molecule has 0 bridgehead atoms. The number of hydrogen-bond donors (Lipinski definition) is 0. The molecule has 0 saturated heterocycles. The van der Waals surface area contributed by atoms with Gasteiger partial charge in [0, 0.05) is 17.3 Å². The van der Waals surface area contributed by atoms with E-state index in [1.165, 1.54) is 6.20 Å². The first-order chi connectivity index (χ1) is 11.2. The molecule has 0 saturated carbocycles. The van der Waals surface area contributed by atoms with Crippen molar-refractivity contribution in [3.8, 4) is 17.3 Å². The zero-order valence-electron chi connectivity index (χ0n) is 12.2. The fourth-order valence-electron chi connectivity index (χ4n) is 2.22. The predicted molar refractivity (Wildman–Crippen MR) is 82.9 cm³/mol. The van der Waals surface area contributed by atoms with Crippen LogP contribution < -0.4 is 4.74 Å². The van der Waals surface area contributed by atoms with Crippen molar-refractivity contribution in [1.82, 2.24) is 14.3 Å². The van der Waals surface area contributed by atoms with Gasteiger partial charge >= 0.3 is 0 Å². The zero-order chi connectivity index (χ0) is 16.2. The molecule has 8 nitrogen and oxygen atoms in total. The number of methoxy groups -OCH3 is 1. The Balaban J connectivity index is 2.17. The van der Waals surface area contributed by atoms with Crippen LogP contribution in [0.1, 0.15) is 10.4 Å². The van der Waals surface area contributed by atoms with E-state index in [-0.39, 0.29) is 5.56 Å². The lowest BCUT2D eigenvalue weighted by atomic mass is 10.3. The lowest BCUT2D eigenvalue weighted by molar-refractivity contribution is 0.100. The Bertz CT molecular complexity index is 873. The Morgan fingerprint density at radius 3 is 2.57 bits per heavy atom. The van der Waals surface area contributed by atoms with Crippen LogP contribution in [0.15, 0.2) is 60.1 Å². The molecule has 0 spiro atoms. The Labute approximate surface area is 131 Å². The summed E-state index contributed by atoms with van der Waals surface area (Å²) in [6.07, 6.45) is 4.95. The summed E-state index contributed by atoms with van der Waals surface area (Å²) in [5.41, 5.74) is 9.45. The first kappa shape index (κ1) is 14.4. The molecule has 114 valence electrons. The van der Waals surface area contributed by atoms with Crippen molar-refractivity contribution >= 4 is 5.91 Å². The minimum absolute atomic E-state index is 0.217. The molecule has 2 aromatic heterocycles. The summed E-state index contributed by atoms with van der Waals surface area (Å²) >= 11 is 0. The monoisotopic (exact) mass is 308 g/mol. The summed E-state index contributed by atoms with van der Waals surface area (Å²) in [5, 5.41) is 7.41. The molecule has 0 aliphatic rings. The van der Waals surface area contributed by atoms with E-state index in [2.05, 4.69) is 15.1 Å². The van der Waals surface area contributed by atoms with Crippen molar-refractivity contribution in [1.29, 1.82) is 0 Å². The molecule has 0 atom stereocenters. The van der Waals surface area contributed by atoms with E-state index in [0.29, 0.717) is 11.6 Å². The highest BCUT2D eigenvalue weighted by Gasteiger charge is 2.18. The molecule has 0 unspecified atom stereocenters. The first-order valence-corrected chi connectivity index (χ1v) is 6.70. The fourth-order valence-corrected chi connectivity index (χ4v) is 2.22. The molecule has 1 aromatic carbocycles. The third-order valence-electron chi connectivity index (χ3n) is 3.28. The summed E-state index contributed by atoms with van der Waals surface area (Å²) in [4.78, 5) is 14.6. The lowest BCUT2D eigenvalue weighted by Gasteiger charge is -2.10. The number of benzene rings is 1. The molecule has 0 fully saturated rings. The number of aromatic nitrogens is 3. The van der Waals surface area contributed by atoms with Gasteiger partial charge in [0.1, 0.15) is 5.75 Å². The predicted octanol–water partition coefficient (Wildman–Crippen LogP) is 3.12. The Kier molecular flexibility index (Phi) is 3.82. The summed E-state index contributed by atoms with van der Waals surface area (Å²) in [7, 11) is 1.59. The van der Waals surface area contributed by atoms with E-state index in [9.17, 15) is 4.79 Å². The number of azide groups is 1. The normalized spacial score (nSPS) is 10.1. The van der Waals surface area contributed by atoms with Gasteiger partial charge in [-0.25, -0.2) is 4.68 Å². The maximum Gasteiger partial charge on any atom is 0.254 e. The van der Waals surface area contributed by atoms with Gasteiger partial charge in [-0.3, -0.25) is 4.79 Å². The average Bonchev–Trinajstić information content (AvgIpc) is 3.24. The van der Waals surface area contributed by atoms with Crippen molar-refractivity contribution in [2.75, 3.05) is 7.11 Å². The van der Waals surface area contributed by atoms with Crippen LogP contribution in [0.4, 0.5) is 0 Å². The molecule has 0 N–H and O–H groups in total. The maximum atomic E-state index is 12.0. The number of ether oxygens (including phenoxy) is 1. The second kappa shape index (κ2) is 6.08. The summed E-state index contributed by atoms with van der Waals surface area (Å²) < 4.78 is 8.47. The van der Waals surface area contributed by atoms with Crippen LogP contribution in [-0.2, 0) is 0 Å². The van der Waals surface area contributed by atoms with Crippen LogP contribution in [0.5, 0.6) is 5.75 Å². The zero-order valence-corrected chi connectivity index (χ0v) is 12.2. The molecular formula is C15H12N6O2. The fraction of sp³-hybridized carbons (Fsp3) is 0.0667. The Hall–Kier alpha value is -3.51. The van der Waals surface area contributed by atoms with Gasteiger partial charge in [0.15, 0.2) is 5.82 Å². The second-order valence-electron chi connectivity index (χ2n) is 4.58. The van der Waals surface area contributed by atoms with E-state index < -0.39 is 5.91 Å². The van der Waals surface area contributed by atoms with Crippen LogP contribution in [0.2, 0.25) is 0 Å². The maximum absolute atomic E-state index is 12.0. The molecule has 2 heterocycles. The number of hydrogen-bond acceptors (Lipinski definition) is 3. The van der Waals surface area contributed by atoms with E-state index in [1.807, 2.05) is 24.3 Å². The molecule has 0 radical (unpaired) electrons. The van der Waals surface area contributed by atoms with Crippen LogP contribution in [-0.4, -0.2) is 27.4 Å². The lowest BCUT2D eigenvalue weighted by Crippen LogP contribution is -2.07. The van der Waals surface area contributed by atoms with Gasteiger partial charge in [0.25, 0.3) is 5.91 Å². The second-order valence-corrected chi connectivity index (χ2v) is 4.58. The van der Waals surface area contributed by atoms with Crippen molar-refractivity contribution in [3.63, 3.8) is 0 Å². The number of amides is 1. The SMILES string of the molecule is COc1ccc(-n2ncc(C(=O)N=[N+]=[N-])c2-n2cccc2)cc1. The summed E-state index contributed by atoms with van der Waals surface area (Å²) in [6.45, 7) is 0. The summed E-state index contributed by atoms with van der Waals surface area (Å²) in [5.74, 6) is 0.530. The van der Waals surface area contributed by atoms with Gasteiger partial charge in [-0.05, 0) is 47.0 Å². The van der Waals surface area contributed by atoms with Gasteiger partial charge in [-0.1, -0.05) is 0 Å². The third-order valence-corrected chi connectivity index (χ3v) is 3.28. The molecule has 8 heteroatoms. The largest absolute Gasteiger partial charge is 0.497 e. The highest BCUT2D eigenvalue weighted by molar-refractivity contribution is 5.97. The van der Waals surface area contributed by atoms with Gasteiger partial charge < -0.3 is 9.30 Å². The van der Waals surface area contributed by atoms with Gasteiger partial charge in [-0.15, -0.1) is 0 Å². The number of rotatable bonds is 4. The Morgan fingerprint density at radius 1 is 1.26 bits per heavy atom. The molecule has 3 rings (SSSR count). The van der Waals surface area contributed by atoms with Crippen LogP contribution in [0, 0.1) is 0 Å². The molecule has 0 aliphatic heterocycles. The van der Waals surface area contributed by atoms with Crippen LogP contribution in [0.3, 0.4) is 0 Å². The van der Waals surface area contributed by atoms with Crippen LogP contribution >= 0.6 is 0 Å². The quantitative estimate of drug-likeness (QED) is 0.420. The highest BCUT2D eigenvalue weighted by Crippen LogP contribution is 2.22. The number of carbonyl (C=O) groups excluding carboxylic acids is 1. The van der Waals surface area contributed by atoms with E-state index >= 15 is 0 Å². The first-order valence-electron chi connectivity index (χ1n) is 6.70. The molecule has 1 amide bonds. The van der Waals surface area contributed by atoms with Gasteiger partial charge in [-0.2, -0.15) is 5.10 Å². The molecule has 3 aromatic rings. The van der Waals surface area contributed by atoms with Gasteiger partial charge in [0.05, 0.1) is 24.6 Å². The average molecular weight is 308 g/mol. The number of carbonyl (C=O) groups is 1.